The van der Waals surface area contributed by atoms with E-state index in [1.165, 1.54) is 5.56 Å². The molecule has 0 atom stereocenters. The van der Waals surface area contributed by atoms with Crippen molar-refractivity contribution in [2.75, 3.05) is 0 Å². The molecule has 14 heavy (non-hydrogen) atoms. The second-order valence-corrected chi connectivity index (χ2v) is 2.98. The lowest BCUT2D eigenvalue weighted by molar-refractivity contribution is 0.105. The molecule has 1 aromatic heterocycles. The Morgan fingerprint density at radius 2 is 2.07 bits per heavy atom. The highest BCUT2D eigenvalue weighted by Crippen LogP contribution is 2.02. The van der Waals surface area contributed by atoms with Gasteiger partial charge in [0.2, 0.25) is 0 Å². The lowest BCUT2D eigenvalue weighted by atomic mass is 10.2. The number of hydrogen-bond acceptors (Lipinski definition) is 2. The van der Waals surface area contributed by atoms with Crippen LogP contribution in [0.15, 0.2) is 36.5 Å². The summed E-state index contributed by atoms with van der Waals surface area (Å²) < 4.78 is 5.46. The molecule has 1 radical (unpaired) electrons. The van der Waals surface area contributed by atoms with Gasteiger partial charge in [-0.15, -0.1) is 0 Å². The summed E-state index contributed by atoms with van der Waals surface area (Å²) in [6.07, 6.45) is 4.41. The van der Waals surface area contributed by atoms with Crippen molar-refractivity contribution in [1.82, 2.24) is 9.97 Å². The first-order valence-electron chi connectivity index (χ1n) is 4.47. The van der Waals surface area contributed by atoms with Gasteiger partial charge in [-0.05, 0) is 5.56 Å². The Morgan fingerprint density at radius 1 is 1.21 bits per heavy atom. The van der Waals surface area contributed by atoms with Crippen LogP contribution < -0.4 is 0 Å². The van der Waals surface area contributed by atoms with Gasteiger partial charge in [0.15, 0.2) is 6.33 Å². The Labute approximate surface area is 82.8 Å². The number of imidazole rings is 1. The molecule has 3 heteroatoms. The SMILES string of the molecule is [c]1nc(COCc2ccccc2)c[nH]1. The molecule has 2 aromatic rings. The van der Waals surface area contributed by atoms with E-state index in [9.17, 15) is 0 Å². The van der Waals surface area contributed by atoms with Crippen molar-refractivity contribution in [1.29, 1.82) is 0 Å². The highest BCUT2D eigenvalue weighted by atomic mass is 16.5. The fourth-order valence-electron chi connectivity index (χ4n) is 1.17. The molecule has 0 bridgehead atoms. The first-order chi connectivity index (χ1) is 6.95. The number of hydrogen-bond donors (Lipinski definition) is 1. The molecule has 0 unspecified atom stereocenters. The predicted molar refractivity (Wildman–Crippen MR) is 52.4 cm³/mol. The first-order valence-corrected chi connectivity index (χ1v) is 4.47. The van der Waals surface area contributed by atoms with Crippen molar-refractivity contribution < 1.29 is 4.74 Å². The van der Waals surface area contributed by atoms with Crippen LogP contribution in [-0.4, -0.2) is 9.97 Å². The molecule has 0 amide bonds. The molecule has 1 aromatic carbocycles. The normalized spacial score (nSPS) is 10.3. The zero-order valence-corrected chi connectivity index (χ0v) is 7.73. The van der Waals surface area contributed by atoms with E-state index >= 15 is 0 Å². The van der Waals surface area contributed by atoms with E-state index in [1.807, 2.05) is 30.3 Å². The largest absolute Gasteiger partial charge is 0.370 e. The number of nitrogens with one attached hydrogen (secondary N) is 1. The lowest BCUT2D eigenvalue weighted by Gasteiger charge is -2.01. The van der Waals surface area contributed by atoms with Crippen LogP contribution in [0.5, 0.6) is 0 Å². The Hall–Kier alpha value is -1.61. The van der Waals surface area contributed by atoms with E-state index in [0.29, 0.717) is 13.2 Å². The average Bonchev–Trinajstić information content (AvgIpc) is 2.72. The average molecular weight is 187 g/mol. The molecule has 1 heterocycles. The fraction of sp³-hybridized carbons (Fsp3) is 0.182. The topological polar surface area (TPSA) is 37.9 Å². The standard InChI is InChI=1S/C11H11N2O/c1-2-4-10(5-3-1)7-14-8-11-6-12-9-13-11/h1-6H,7-8H2,(H,12,13). The Bertz CT molecular complexity index is 356. The highest BCUT2D eigenvalue weighted by Gasteiger charge is 1.95. The van der Waals surface area contributed by atoms with Crippen LogP contribution in [0.1, 0.15) is 11.3 Å². The smallest absolute Gasteiger partial charge is 0.173 e. The summed E-state index contributed by atoms with van der Waals surface area (Å²) >= 11 is 0. The van der Waals surface area contributed by atoms with Crippen LogP contribution in [0.3, 0.4) is 0 Å². The number of rotatable bonds is 4. The number of aromatic amines is 1. The molecule has 0 saturated heterocycles. The van der Waals surface area contributed by atoms with Gasteiger partial charge in [0.1, 0.15) is 0 Å². The van der Waals surface area contributed by atoms with E-state index in [4.69, 9.17) is 4.74 Å². The van der Waals surface area contributed by atoms with E-state index in [1.54, 1.807) is 6.20 Å². The van der Waals surface area contributed by atoms with Gasteiger partial charge < -0.3 is 9.72 Å². The maximum Gasteiger partial charge on any atom is 0.173 e. The van der Waals surface area contributed by atoms with Crippen LogP contribution in [0.25, 0.3) is 0 Å². The van der Waals surface area contributed by atoms with Gasteiger partial charge in [0, 0.05) is 6.20 Å². The maximum atomic E-state index is 5.46. The summed E-state index contributed by atoms with van der Waals surface area (Å²) in [5.41, 5.74) is 2.05. The molecule has 0 aliphatic carbocycles. The van der Waals surface area contributed by atoms with E-state index in [2.05, 4.69) is 16.3 Å². The molecule has 2 rings (SSSR count). The second-order valence-electron chi connectivity index (χ2n) is 2.98. The van der Waals surface area contributed by atoms with Gasteiger partial charge in [-0.3, -0.25) is 0 Å². The maximum absolute atomic E-state index is 5.46. The van der Waals surface area contributed by atoms with E-state index in [0.717, 1.165) is 5.69 Å². The van der Waals surface area contributed by atoms with Gasteiger partial charge in [-0.25, -0.2) is 4.98 Å². The zero-order valence-electron chi connectivity index (χ0n) is 7.73. The summed E-state index contributed by atoms with van der Waals surface area (Å²) in [5, 5.41) is 0. The lowest BCUT2D eigenvalue weighted by Crippen LogP contribution is -1.93. The third-order valence-corrected chi connectivity index (χ3v) is 1.86. The molecule has 0 fully saturated rings. The Kier molecular flexibility index (Phi) is 2.93. The summed E-state index contributed by atoms with van der Waals surface area (Å²) in [4.78, 5) is 6.70. The zero-order chi connectivity index (χ0) is 9.64. The Balaban J connectivity index is 1.79. The number of H-pyrrole nitrogens is 1. The third-order valence-electron chi connectivity index (χ3n) is 1.86. The van der Waals surface area contributed by atoms with Crippen LogP contribution in [-0.2, 0) is 18.0 Å². The van der Waals surface area contributed by atoms with Crippen LogP contribution in [0.2, 0.25) is 0 Å². The second kappa shape index (κ2) is 4.58. The minimum Gasteiger partial charge on any atom is -0.370 e. The third kappa shape index (κ3) is 2.44. The van der Waals surface area contributed by atoms with Crippen molar-refractivity contribution in [3.63, 3.8) is 0 Å². The van der Waals surface area contributed by atoms with Crippen molar-refractivity contribution in [3.8, 4) is 0 Å². The summed E-state index contributed by atoms with van der Waals surface area (Å²) in [6.45, 7) is 1.14. The van der Waals surface area contributed by atoms with Crippen molar-refractivity contribution >= 4 is 0 Å². The molecule has 1 N–H and O–H groups in total. The molecule has 71 valence electrons. The van der Waals surface area contributed by atoms with Crippen molar-refractivity contribution in [2.24, 2.45) is 0 Å². The van der Waals surface area contributed by atoms with Crippen molar-refractivity contribution in [2.45, 2.75) is 13.2 Å². The number of nitrogens with zero attached hydrogens (tertiary/aromatic N) is 1. The van der Waals surface area contributed by atoms with E-state index in [-0.39, 0.29) is 0 Å². The molecule has 3 nitrogen and oxygen atoms in total. The molecule has 0 saturated carbocycles. The summed E-state index contributed by atoms with van der Waals surface area (Å²) in [7, 11) is 0. The van der Waals surface area contributed by atoms with Crippen molar-refractivity contribution in [3.05, 3.63) is 54.1 Å². The summed E-state index contributed by atoms with van der Waals surface area (Å²) in [5.74, 6) is 0. The number of aromatic nitrogens is 2. The minimum absolute atomic E-state index is 0.523. The number of ether oxygens (including phenoxy) is 1. The van der Waals surface area contributed by atoms with E-state index < -0.39 is 0 Å². The first kappa shape index (κ1) is 8.97. The summed E-state index contributed by atoms with van der Waals surface area (Å²) in [6, 6.07) is 10.1. The minimum atomic E-state index is 0.523. The predicted octanol–water partition coefficient (Wildman–Crippen LogP) is 1.93. The fourth-order valence-corrected chi connectivity index (χ4v) is 1.17. The van der Waals surface area contributed by atoms with Gasteiger partial charge in [-0.1, -0.05) is 30.3 Å². The van der Waals surface area contributed by atoms with Crippen LogP contribution in [0, 0.1) is 6.33 Å². The quantitative estimate of drug-likeness (QED) is 0.794. The number of benzene rings is 1. The van der Waals surface area contributed by atoms with Gasteiger partial charge in [-0.2, -0.15) is 0 Å². The molecule has 0 aliphatic heterocycles. The Morgan fingerprint density at radius 3 is 2.79 bits per heavy atom. The van der Waals surface area contributed by atoms with Gasteiger partial charge in [0.05, 0.1) is 18.9 Å². The highest BCUT2D eigenvalue weighted by molar-refractivity contribution is 5.13. The molecular formula is C11H11N2O. The van der Waals surface area contributed by atoms with Gasteiger partial charge >= 0.3 is 0 Å². The van der Waals surface area contributed by atoms with Gasteiger partial charge in [0.25, 0.3) is 0 Å². The molecule has 0 spiro atoms. The van der Waals surface area contributed by atoms with Crippen LogP contribution >= 0.6 is 0 Å². The van der Waals surface area contributed by atoms with Crippen LogP contribution in [0.4, 0.5) is 0 Å². The monoisotopic (exact) mass is 187 g/mol. The molecular weight excluding hydrogens is 176 g/mol. The molecule has 0 aliphatic rings.